The monoisotopic (exact) mass is 831 g/mol. The summed E-state index contributed by atoms with van der Waals surface area (Å²) in [7, 11) is 1.58. The molecule has 8 N–H and O–H groups in total. The molecule has 0 fully saturated rings. The molecule has 4 rings (SSSR count). The molecule has 4 aromatic rings. The number of nitrogens with two attached hydrogens (primary N) is 2. The van der Waals surface area contributed by atoms with E-state index in [1.54, 1.807) is 27.8 Å². The molecule has 322 valence electrons. The molecule has 0 radical (unpaired) electrons. The van der Waals surface area contributed by atoms with Crippen LogP contribution >= 0.6 is 13.5 Å². The predicted octanol–water partition coefficient (Wildman–Crippen LogP) is 6.51. The molecule has 4 aromatic carbocycles. The Morgan fingerprint density at radius 1 is 0.695 bits per heavy atom. The second-order valence-electron chi connectivity index (χ2n) is 15.8. The SMILES string of the molecule is CN=C(N)NCCC[C@@H](N)C(=O)N[C@H](CCCCNC(=O)OC(C)(C)C)C(=O)NCCOc1ccc2ccccc2c1-c1c(OCCC(C)C)ccc2ccccc12.S. The first-order chi connectivity index (χ1) is 27.8. The summed E-state index contributed by atoms with van der Waals surface area (Å²) in [4.78, 5) is 42.8. The molecule has 59 heavy (non-hydrogen) atoms. The molecule has 14 heteroatoms. The fourth-order valence-corrected chi connectivity index (χ4v) is 6.40. The lowest BCUT2D eigenvalue weighted by molar-refractivity contribution is -0.130. The van der Waals surface area contributed by atoms with Crippen LogP contribution in [0.4, 0.5) is 4.79 Å². The highest BCUT2D eigenvalue weighted by atomic mass is 32.1. The van der Waals surface area contributed by atoms with Crippen molar-refractivity contribution in [3.05, 3.63) is 72.8 Å². The van der Waals surface area contributed by atoms with Gasteiger partial charge in [0.1, 0.15) is 29.7 Å². The topological polar surface area (TPSA) is 191 Å². The number of carbonyl (C=O) groups is 3. The quantitative estimate of drug-likeness (QED) is 0.0309. The normalized spacial score (nSPS) is 12.6. The molecule has 0 bridgehead atoms. The standard InChI is InChI=1S/C45H63N7O6.H2S/c1-30(2)24-28-56-37-22-20-31-14-7-9-16-33(31)39(37)40-34-17-10-8-15-32(34)21-23-38(40)57-29-27-49-42(54)36(19-11-12-25-51-44(55)58-45(3,4)5)52-41(53)35(46)18-13-26-50-43(47)48-6;/h7-10,14-17,20-23,30,35-36H,11-13,18-19,24-29,46H2,1-6H3,(H,49,54)(H,51,55)(H,52,53)(H3,47,48,50);1H2/t35-,36-;/m1./s1. The van der Waals surface area contributed by atoms with Crippen molar-refractivity contribution in [2.75, 3.05) is 39.9 Å². The van der Waals surface area contributed by atoms with Gasteiger partial charge in [0.05, 0.1) is 19.2 Å². The van der Waals surface area contributed by atoms with Gasteiger partial charge in [-0.15, -0.1) is 0 Å². The fourth-order valence-electron chi connectivity index (χ4n) is 6.40. The van der Waals surface area contributed by atoms with Crippen molar-refractivity contribution < 1.29 is 28.6 Å². The lowest BCUT2D eigenvalue weighted by atomic mass is 9.92. The first-order valence-electron chi connectivity index (χ1n) is 20.3. The number of nitrogens with zero attached hydrogens (tertiary/aromatic N) is 1. The molecule has 3 amide bonds. The largest absolute Gasteiger partial charge is 0.493 e. The molecule has 0 aliphatic carbocycles. The van der Waals surface area contributed by atoms with E-state index in [-0.39, 0.29) is 32.6 Å². The molecule has 13 nitrogen and oxygen atoms in total. The van der Waals surface area contributed by atoms with Crippen LogP contribution in [0.2, 0.25) is 0 Å². The average molecular weight is 832 g/mol. The van der Waals surface area contributed by atoms with E-state index in [9.17, 15) is 14.4 Å². The van der Waals surface area contributed by atoms with Gasteiger partial charge in [0.15, 0.2) is 5.96 Å². The van der Waals surface area contributed by atoms with Crippen LogP contribution < -0.4 is 42.2 Å². The zero-order chi connectivity index (χ0) is 42.1. The number of aliphatic imine (C=N–C) groups is 1. The number of amides is 3. The summed E-state index contributed by atoms with van der Waals surface area (Å²) in [5.74, 6) is 1.46. The molecular formula is C45H65N7O6S. The van der Waals surface area contributed by atoms with Crippen LogP contribution in [0.25, 0.3) is 32.7 Å². The Labute approximate surface area is 356 Å². The number of ether oxygens (including phenoxy) is 3. The minimum Gasteiger partial charge on any atom is -0.493 e. The van der Waals surface area contributed by atoms with E-state index in [2.05, 4.69) is 70.4 Å². The Balaban J connectivity index is 0.00000930. The summed E-state index contributed by atoms with van der Waals surface area (Å²) in [6.07, 6.45) is 2.83. The highest BCUT2D eigenvalue weighted by molar-refractivity contribution is 7.59. The zero-order valence-electron chi connectivity index (χ0n) is 35.5. The van der Waals surface area contributed by atoms with Crippen molar-refractivity contribution in [3.63, 3.8) is 0 Å². The van der Waals surface area contributed by atoms with E-state index in [4.69, 9.17) is 25.7 Å². The first kappa shape index (κ1) is 48.2. The maximum atomic E-state index is 13.6. The molecule has 0 unspecified atom stereocenters. The third-order valence-electron chi connectivity index (χ3n) is 9.44. The second kappa shape index (κ2) is 24.0. The van der Waals surface area contributed by atoms with Crippen LogP contribution in [-0.4, -0.2) is 81.4 Å². The Kier molecular flexibility index (Phi) is 19.6. The average Bonchev–Trinajstić information content (AvgIpc) is 3.19. The number of guanidine groups is 1. The van der Waals surface area contributed by atoms with Crippen molar-refractivity contribution in [2.45, 2.75) is 90.8 Å². The van der Waals surface area contributed by atoms with Gasteiger partial charge in [0, 0.05) is 31.3 Å². The van der Waals surface area contributed by atoms with E-state index in [1.807, 2.05) is 42.5 Å². The third kappa shape index (κ3) is 15.5. The summed E-state index contributed by atoms with van der Waals surface area (Å²) in [5.41, 5.74) is 13.2. The fraction of sp³-hybridized carbons (Fsp3) is 0.467. The van der Waals surface area contributed by atoms with Crippen LogP contribution in [-0.2, 0) is 14.3 Å². The number of rotatable bonds is 21. The van der Waals surface area contributed by atoms with Gasteiger partial charge in [-0.3, -0.25) is 14.6 Å². The van der Waals surface area contributed by atoms with Crippen molar-refractivity contribution in [3.8, 4) is 22.6 Å². The maximum Gasteiger partial charge on any atom is 0.407 e. The van der Waals surface area contributed by atoms with E-state index < -0.39 is 29.7 Å². The minimum absolute atomic E-state index is 0. The number of alkyl carbamates (subject to hydrolysis) is 1. The minimum atomic E-state index is -0.849. The Morgan fingerprint density at radius 2 is 1.27 bits per heavy atom. The number of hydrogen-bond donors (Lipinski definition) is 6. The van der Waals surface area contributed by atoms with E-state index >= 15 is 0 Å². The van der Waals surface area contributed by atoms with Gasteiger partial charge >= 0.3 is 6.09 Å². The van der Waals surface area contributed by atoms with Gasteiger partial charge in [-0.25, -0.2) is 4.79 Å². The summed E-state index contributed by atoms with van der Waals surface area (Å²) in [5, 5.41) is 15.7. The number of nitrogens with one attached hydrogen (secondary N) is 4. The van der Waals surface area contributed by atoms with Gasteiger partial charge < -0.3 is 46.9 Å². The number of hydrogen-bond acceptors (Lipinski definition) is 8. The summed E-state index contributed by atoms with van der Waals surface area (Å²) < 4.78 is 18.3. The van der Waals surface area contributed by atoms with Gasteiger partial charge in [-0.05, 0) is 98.9 Å². The molecule has 0 aliphatic rings. The van der Waals surface area contributed by atoms with Crippen LogP contribution in [0.1, 0.15) is 73.1 Å². The van der Waals surface area contributed by atoms with Gasteiger partial charge in [-0.2, -0.15) is 13.5 Å². The van der Waals surface area contributed by atoms with Gasteiger partial charge in [-0.1, -0.05) is 74.5 Å². The van der Waals surface area contributed by atoms with Crippen LogP contribution in [0.5, 0.6) is 11.5 Å². The number of unbranched alkanes of at least 4 members (excludes halogenated alkanes) is 1. The predicted molar refractivity (Wildman–Crippen MR) is 244 cm³/mol. The van der Waals surface area contributed by atoms with Crippen molar-refractivity contribution >= 4 is 58.9 Å². The van der Waals surface area contributed by atoms with Crippen LogP contribution in [0.3, 0.4) is 0 Å². The number of carbonyl (C=O) groups excluding carboxylic acids is 3. The highest BCUT2D eigenvalue weighted by Crippen LogP contribution is 2.45. The summed E-state index contributed by atoms with van der Waals surface area (Å²) in [6, 6.07) is 22.9. The Bertz CT molecular complexity index is 2000. The van der Waals surface area contributed by atoms with Gasteiger partial charge in [0.2, 0.25) is 11.8 Å². The lowest BCUT2D eigenvalue weighted by Gasteiger charge is -2.22. The van der Waals surface area contributed by atoms with Crippen molar-refractivity contribution in [1.82, 2.24) is 21.3 Å². The van der Waals surface area contributed by atoms with Crippen molar-refractivity contribution in [2.24, 2.45) is 22.4 Å². The molecule has 0 spiro atoms. The van der Waals surface area contributed by atoms with E-state index in [0.717, 1.165) is 44.8 Å². The van der Waals surface area contributed by atoms with Crippen LogP contribution in [0, 0.1) is 5.92 Å². The van der Waals surface area contributed by atoms with E-state index in [0.29, 0.717) is 69.4 Å². The molecule has 0 aliphatic heterocycles. The van der Waals surface area contributed by atoms with E-state index in [1.165, 1.54) is 0 Å². The highest BCUT2D eigenvalue weighted by Gasteiger charge is 2.24. The summed E-state index contributed by atoms with van der Waals surface area (Å²) >= 11 is 0. The molecular weight excluding hydrogens is 767 g/mol. The maximum absolute atomic E-state index is 13.6. The zero-order valence-corrected chi connectivity index (χ0v) is 36.5. The number of benzene rings is 4. The second-order valence-corrected chi connectivity index (χ2v) is 15.8. The van der Waals surface area contributed by atoms with Crippen molar-refractivity contribution in [1.29, 1.82) is 0 Å². The molecule has 0 saturated carbocycles. The molecule has 0 aromatic heterocycles. The molecule has 2 atom stereocenters. The number of fused-ring (bicyclic) bond motifs is 2. The van der Waals surface area contributed by atoms with Crippen LogP contribution in [0.15, 0.2) is 77.8 Å². The molecule has 0 saturated heterocycles. The van der Waals surface area contributed by atoms with Gasteiger partial charge in [0.25, 0.3) is 0 Å². The lowest BCUT2D eigenvalue weighted by Crippen LogP contribution is -2.52. The smallest absolute Gasteiger partial charge is 0.407 e. The molecule has 0 heterocycles. The summed E-state index contributed by atoms with van der Waals surface area (Å²) in [6.45, 7) is 11.6. The Hall–Kier alpha value is -5.21. The first-order valence-corrected chi connectivity index (χ1v) is 20.3. The Morgan fingerprint density at radius 3 is 1.85 bits per heavy atom. The third-order valence-corrected chi connectivity index (χ3v) is 9.44.